The number of anilines is 1. The Morgan fingerprint density at radius 1 is 1.27 bits per heavy atom. The third-order valence-corrected chi connectivity index (χ3v) is 4.08. The molecular formula is C19H18F2N2O3. The highest BCUT2D eigenvalue weighted by atomic mass is 19.1. The number of rotatable bonds is 5. The number of amides is 2. The molecule has 5 nitrogen and oxygen atoms in total. The van der Waals surface area contributed by atoms with Gasteiger partial charge in [-0.3, -0.25) is 9.69 Å². The topological polar surface area (TPSA) is 58.6 Å². The molecule has 2 atom stereocenters. The molecule has 3 rings (SSSR count). The van der Waals surface area contributed by atoms with Crippen molar-refractivity contribution in [1.82, 2.24) is 5.32 Å². The van der Waals surface area contributed by atoms with Gasteiger partial charge in [0.05, 0.1) is 12.2 Å². The number of benzene rings is 2. The molecule has 1 fully saturated rings. The van der Waals surface area contributed by atoms with Gasteiger partial charge in [-0.25, -0.2) is 13.6 Å². The molecule has 2 aromatic carbocycles. The lowest BCUT2D eigenvalue weighted by molar-refractivity contribution is -0.128. The van der Waals surface area contributed by atoms with Gasteiger partial charge >= 0.3 is 6.09 Å². The maximum absolute atomic E-state index is 13.9. The predicted molar refractivity (Wildman–Crippen MR) is 91.7 cm³/mol. The Bertz CT molecular complexity index is 814. The lowest BCUT2D eigenvalue weighted by Gasteiger charge is -2.16. The van der Waals surface area contributed by atoms with Crippen molar-refractivity contribution in [2.24, 2.45) is 0 Å². The van der Waals surface area contributed by atoms with Crippen molar-refractivity contribution in [3.05, 3.63) is 65.7 Å². The van der Waals surface area contributed by atoms with E-state index in [0.717, 1.165) is 22.6 Å². The smallest absolute Gasteiger partial charge is 0.415 e. The van der Waals surface area contributed by atoms with Gasteiger partial charge in [0.25, 0.3) is 5.91 Å². The molecule has 0 bridgehead atoms. The molecule has 1 aliphatic heterocycles. The number of hydrogen-bond acceptors (Lipinski definition) is 3. The minimum Gasteiger partial charge on any atom is -0.434 e. The second-order valence-corrected chi connectivity index (χ2v) is 6.18. The van der Waals surface area contributed by atoms with Gasteiger partial charge in [-0.15, -0.1) is 0 Å². The van der Waals surface area contributed by atoms with Crippen molar-refractivity contribution in [1.29, 1.82) is 0 Å². The Morgan fingerprint density at radius 3 is 2.69 bits per heavy atom. The summed E-state index contributed by atoms with van der Waals surface area (Å²) in [6, 6.07) is 12.3. The third-order valence-electron chi connectivity index (χ3n) is 4.08. The Balaban J connectivity index is 1.61. The molecule has 0 aromatic heterocycles. The Morgan fingerprint density at radius 2 is 2.00 bits per heavy atom. The molecule has 1 heterocycles. The standard InChI is InChI=1S/C19H18F2N2O3/c1-12(9-13-5-3-2-4-6-13)22-18(24)17-11-23(19(25)26-17)16-8-7-14(20)10-15(16)21/h2-8,10,12,17H,9,11H2,1H3,(H,22,24). The summed E-state index contributed by atoms with van der Waals surface area (Å²) in [5.41, 5.74) is 0.947. The zero-order valence-corrected chi connectivity index (χ0v) is 14.1. The van der Waals surface area contributed by atoms with Crippen LogP contribution >= 0.6 is 0 Å². The summed E-state index contributed by atoms with van der Waals surface area (Å²) < 4.78 is 31.9. The first kappa shape index (κ1) is 17.8. The van der Waals surface area contributed by atoms with Gasteiger partial charge in [-0.1, -0.05) is 30.3 Å². The lowest BCUT2D eigenvalue weighted by Crippen LogP contribution is -2.42. The minimum atomic E-state index is -1.05. The van der Waals surface area contributed by atoms with Crippen LogP contribution in [0.2, 0.25) is 0 Å². The zero-order chi connectivity index (χ0) is 18.7. The Labute approximate surface area is 149 Å². The minimum absolute atomic E-state index is 0.121. The highest BCUT2D eigenvalue weighted by molar-refractivity contribution is 5.95. The predicted octanol–water partition coefficient (Wildman–Crippen LogP) is 3.04. The van der Waals surface area contributed by atoms with Gasteiger partial charge in [0.1, 0.15) is 11.6 Å². The lowest BCUT2D eigenvalue weighted by atomic mass is 10.1. The van der Waals surface area contributed by atoms with Crippen molar-refractivity contribution in [3.8, 4) is 0 Å². The van der Waals surface area contributed by atoms with Crippen LogP contribution in [0.15, 0.2) is 48.5 Å². The largest absolute Gasteiger partial charge is 0.434 e. The van der Waals surface area contributed by atoms with Gasteiger partial charge in [0, 0.05) is 12.1 Å². The average Bonchev–Trinajstić information content (AvgIpc) is 2.97. The van der Waals surface area contributed by atoms with E-state index < -0.39 is 29.7 Å². The molecule has 1 saturated heterocycles. The molecule has 1 aliphatic rings. The van der Waals surface area contributed by atoms with E-state index in [1.807, 2.05) is 37.3 Å². The summed E-state index contributed by atoms with van der Waals surface area (Å²) in [6.45, 7) is 1.71. The van der Waals surface area contributed by atoms with Crippen LogP contribution in [-0.4, -0.2) is 30.7 Å². The summed E-state index contributed by atoms with van der Waals surface area (Å²) in [5.74, 6) is -2.09. The molecule has 1 N–H and O–H groups in total. The fourth-order valence-electron chi connectivity index (χ4n) is 2.85. The number of halogens is 2. The molecule has 26 heavy (non-hydrogen) atoms. The van der Waals surface area contributed by atoms with Crippen LogP contribution < -0.4 is 10.2 Å². The first-order chi connectivity index (χ1) is 12.4. The summed E-state index contributed by atoms with van der Waals surface area (Å²) in [6.07, 6.45) is -1.26. The summed E-state index contributed by atoms with van der Waals surface area (Å²) >= 11 is 0. The molecule has 0 spiro atoms. The van der Waals surface area contributed by atoms with Gasteiger partial charge in [-0.2, -0.15) is 0 Å². The van der Waals surface area contributed by atoms with E-state index in [4.69, 9.17) is 4.74 Å². The number of carbonyl (C=O) groups is 2. The van der Waals surface area contributed by atoms with E-state index in [-0.39, 0.29) is 18.3 Å². The summed E-state index contributed by atoms with van der Waals surface area (Å²) in [5, 5.41) is 2.79. The Kier molecular flexibility index (Phi) is 5.16. The SMILES string of the molecule is CC(Cc1ccccc1)NC(=O)C1CN(c2ccc(F)cc2F)C(=O)O1. The van der Waals surface area contributed by atoms with Crippen molar-refractivity contribution >= 4 is 17.7 Å². The molecule has 0 radical (unpaired) electrons. The average molecular weight is 360 g/mol. The van der Waals surface area contributed by atoms with E-state index >= 15 is 0 Å². The molecule has 2 amide bonds. The Hall–Kier alpha value is -2.96. The monoisotopic (exact) mass is 360 g/mol. The maximum Gasteiger partial charge on any atom is 0.415 e. The van der Waals surface area contributed by atoms with E-state index in [2.05, 4.69) is 5.32 Å². The number of nitrogens with zero attached hydrogens (tertiary/aromatic N) is 1. The fourth-order valence-corrected chi connectivity index (χ4v) is 2.85. The van der Waals surface area contributed by atoms with Crippen LogP contribution in [0.1, 0.15) is 12.5 Å². The van der Waals surface area contributed by atoms with Crippen molar-refractivity contribution in [3.63, 3.8) is 0 Å². The molecule has 2 unspecified atom stereocenters. The van der Waals surface area contributed by atoms with Crippen LogP contribution in [0.25, 0.3) is 0 Å². The van der Waals surface area contributed by atoms with Crippen LogP contribution in [0.3, 0.4) is 0 Å². The first-order valence-corrected chi connectivity index (χ1v) is 8.21. The zero-order valence-electron chi connectivity index (χ0n) is 14.1. The summed E-state index contributed by atoms with van der Waals surface area (Å²) in [4.78, 5) is 25.3. The van der Waals surface area contributed by atoms with Gasteiger partial charge < -0.3 is 10.1 Å². The van der Waals surface area contributed by atoms with E-state index in [9.17, 15) is 18.4 Å². The molecule has 0 saturated carbocycles. The molecule has 136 valence electrons. The van der Waals surface area contributed by atoms with E-state index in [0.29, 0.717) is 12.5 Å². The normalized spacial score (nSPS) is 17.7. The molecule has 2 aromatic rings. The van der Waals surface area contributed by atoms with Gasteiger partial charge in [0.2, 0.25) is 0 Å². The van der Waals surface area contributed by atoms with Gasteiger partial charge in [0.15, 0.2) is 6.10 Å². The van der Waals surface area contributed by atoms with Crippen LogP contribution in [0.5, 0.6) is 0 Å². The number of nitrogens with one attached hydrogen (secondary N) is 1. The summed E-state index contributed by atoms with van der Waals surface area (Å²) in [7, 11) is 0. The second kappa shape index (κ2) is 7.51. The molecular weight excluding hydrogens is 342 g/mol. The first-order valence-electron chi connectivity index (χ1n) is 8.21. The maximum atomic E-state index is 13.9. The number of carbonyl (C=O) groups excluding carboxylic acids is 2. The third kappa shape index (κ3) is 3.99. The highest BCUT2D eigenvalue weighted by Crippen LogP contribution is 2.25. The number of cyclic esters (lactones) is 1. The molecule has 0 aliphatic carbocycles. The second-order valence-electron chi connectivity index (χ2n) is 6.18. The van der Waals surface area contributed by atoms with Crippen LogP contribution in [0.4, 0.5) is 19.3 Å². The van der Waals surface area contributed by atoms with E-state index in [1.54, 1.807) is 0 Å². The number of ether oxygens (including phenoxy) is 1. The number of hydrogen-bond donors (Lipinski definition) is 1. The van der Waals surface area contributed by atoms with E-state index in [1.165, 1.54) is 0 Å². The fraction of sp³-hybridized carbons (Fsp3) is 0.263. The van der Waals surface area contributed by atoms with Crippen molar-refractivity contribution in [2.45, 2.75) is 25.5 Å². The highest BCUT2D eigenvalue weighted by Gasteiger charge is 2.38. The van der Waals surface area contributed by atoms with Gasteiger partial charge in [-0.05, 0) is 31.0 Å². The quantitative estimate of drug-likeness (QED) is 0.892. The van der Waals surface area contributed by atoms with Crippen LogP contribution in [0, 0.1) is 11.6 Å². The van der Waals surface area contributed by atoms with Crippen molar-refractivity contribution < 1.29 is 23.1 Å². The molecule has 7 heteroatoms. The van der Waals surface area contributed by atoms with Crippen LogP contribution in [-0.2, 0) is 16.0 Å². The van der Waals surface area contributed by atoms with Crippen molar-refractivity contribution in [2.75, 3.05) is 11.4 Å².